The van der Waals surface area contributed by atoms with E-state index in [4.69, 9.17) is 0 Å². The maximum absolute atomic E-state index is 12.7. The highest BCUT2D eigenvalue weighted by molar-refractivity contribution is 14.0. The zero-order chi connectivity index (χ0) is 19.3. The van der Waals surface area contributed by atoms with Crippen LogP contribution in [0.5, 0.6) is 0 Å². The number of fused-ring (bicyclic) bond motifs is 8. The van der Waals surface area contributed by atoms with E-state index in [1.807, 2.05) is 0 Å². The molecule has 2 amide bonds. The Balaban J connectivity index is 0.00000205. The molecule has 0 spiro atoms. The molecule has 4 heterocycles. The van der Waals surface area contributed by atoms with Crippen molar-refractivity contribution in [2.24, 2.45) is 28.7 Å². The summed E-state index contributed by atoms with van der Waals surface area (Å²) in [6, 6.07) is 0.519. The minimum atomic E-state index is -0.106. The van der Waals surface area contributed by atoms with Gasteiger partial charge in [-0.15, -0.1) is 24.0 Å². The second-order valence-corrected chi connectivity index (χ2v) is 8.70. The summed E-state index contributed by atoms with van der Waals surface area (Å²) in [5.41, 5.74) is 0. The largest absolute Gasteiger partial charge is 0.355 e. The summed E-state index contributed by atoms with van der Waals surface area (Å²) in [7, 11) is 1.76. The SMILES string of the molecule is CN=C(NCCN1C(=O)C2C3C=CC(C3)C2C1=O)NCC1CN2CCN1CC2.I. The van der Waals surface area contributed by atoms with Gasteiger partial charge in [-0.1, -0.05) is 12.2 Å². The van der Waals surface area contributed by atoms with Crippen LogP contribution in [0, 0.1) is 23.7 Å². The molecule has 0 aromatic rings. The lowest BCUT2D eigenvalue weighted by molar-refractivity contribution is -0.140. The number of nitrogens with zero attached hydrogens (tertiary/aromatic N) is 4. The number of hydrogen-bond donors (Lipinski definition) is 2. The highest BCUT2D eigenvalue weighted by Gasteiger charge is 2.58. The molecule has 1 saturated carbocycles. The number of piperazine rings is 3. The van der Waals surface area contributed by atoms with Crippen LogP contribution in [0.25, 0.3) is 0 Å². The van der Waals surface area contributed by atoms with E-state index >= 15 is 0 Å². The zero-order valence-corrected chi connectivity index (χ0v) is 19.2. The number of guanidine groups is 1. The van der Waals surface area contributed by atoms with Crippen molar-refractivity contribution in [1.82, 2.24) is 25.3 Å². The van der Waals surface area contributed by atoms with Crippen LogP contribution in [0.2, 0.25) is 0 Å². The number of rotatable bonds is 5. The quantitative estimate of drug-likeness (QED) is 0.171. The summed E-state index contributed by atoms with van der Waals surface area (Å²) in [6.45, 7) is 7.57. The highest BCUT2D eigenvalue weighted by Crippen LogP contribution is 2.52. The first-order valence-electron chi connectivity index (χ1n) is 10.6. The number of likely N-dealkylation sites (tertiary alicyclic amines) is 1. The van der Waals surface area contributed by atoms with Gasteiger partial charge in [0.25, 0.3) is 0 Å². The van der Waals surface area contributed by atoms with E-state index in [1.165, 1.54) is 18.0 Å². The lowest BCUT2D eigenvalue weighted by Gasteiger charge is -2.47. The van der Waals surface area contributed by atoms with Crippen LogP contribution in [0.1, 0.15) is 6.42 Å². The molecule has 2 aliphatic carbocycles. The molecule has 6 aliphatic rings. The number of hydrogen-bond acceptors (Lipinski definition) is 5. The fourth-order valence-corrected chi connectivity index (χ4v) is 5.82. The predicted octanol–water partition coefficient (Wildman–Crippen LogP) is -0.424. The van der Waals surface area contributed by atoms with Crippen LogP contribution in [0.3, 0.4) is 0 Å². The van der Waals surface area contributed by atoms with Crippen LogP contribution >= 0.6 is 24.0 Å². The van der Waals surface area contributed by atoms with Gasteiger partial charge >= 0.3 is 0 Å². The molecule has 0 aromatic heterocycles. The molecule has 160 valence electrons. The third-order valence-corrected chi connectivity index (χ3v) is 7.31. The lowest BCUT2D eigenvalue weighted by atomic mass is 9.85. The Labute approximate surface area is 189 Å². The Bertz CT molecular complexity index is 690. The molecule has 4 bridgehead atoms. The van der Waals surface area contributed by atoms with E-state index in [0.717, 1.165) is 38.6 Å². The van der Waals surface area contributed by atoms with Gasteiger partial charge in [0.1, 0.15) is 0 Å². The number of carbonyl (C=O) groups is 2. The molecule has 9 heteroatoms. The fraction of sp³-hybridized carbons (Fsp3) is 0.750. The minimum absolute atomic E-state index is 0. The Morgan fingerprint density at radius 2 is 1.72 bits per heavy atom. The second kappa shape index (κ2) is 8.50. The van der Waals surface area contributed by atoms with E-state index in [0.29, 0.717) is 19.1 Å². The first kappa shape index (κ1) is 21.0. The molecular weight excluding hydrogens is 483 g/mol. The fourth-order valence-electron chi connectivity index (χ4n) is 5.82. The van der Waals surface area contributed by atoms with Gasteiger partial charge < -0.3 is 10.6 Å². The van der Waals surface area contributed by atoms with Crippen molar-refractivity contribution in [1.29, 1.82) is 0 Å². The number of imide groups is 1. The van der Waals surface area contributed by atoms with Gasteiger partial charge in [0, 0.05) is 65.4 Å². The molecule has 5 fully saturated rings. The maximum Gasteiger partial charge on any atom is 0.233 e. The topological polar surface area (TPSA) is 80.3 Å². The van der Waals surface area contributed by atoms with Crippen molar-refractivity contribution in [3.05, 3.63) is 12.2 Å². The summed E-state index contributed by atoms with van der Waals surface area (Å²) >= 11 is 0. The Morgan fingerprint density at radius 3 is 2.28 bits per heavy atom. The Kier molecular flexibility index (Phi) is 6.17. The average molecular weight is 514 g/mol. The predicted molar refractivity (Wildman–Crippen MR) is 121 cm³/mol. The number of carbonyl (C=O) groups excluding carboxylic acids is 2. The number of halogens is 1. The van der Waals surface area contributed by atoms with Crippen molar-refractivity contribution in [2.45, 2.75) is 12.5 Å². The van der Waals surface area contributed by atoms with Gasteiger partial charge in [0.05, 0.1) is 11.8 Å². The van der Waals surface area contributed by atoms with Crippen LogP contribution in [0.15, 0.2) is 17.1 Å². The molecule has 6 rings (SSSR count). The van der Waals surface area contributed by atoms with Gasteiger partial charge in [0.15, 0.2) is 5.96 Å². The van der Waals surface area contributed by atoms with Crippen molar-refractivity contribution in [2.75, 3.05) is 59.4 Å². The molecule has 4 aliphatic heterocycles. The maximum atomic E-state index is 12.7. The van der Waals surface area contributed by atoms with Gasteiger partial charge in [-0.2, -0.15) is 0 Å². The summed E-state index contributed by atoms with van der Waals surface area (Å²) < 4.78 is 0. The minimum Gasteiger partial charge on any atom is -0.355 e. The molecule has 29 heavy (non-hydrogen) atoms. The van der Waals surface area contributed by atoms with E-state index in [-0.39, 0.29) is 59.5 Å². The van der Waals surface area contributed by atoms with Crippen LogP contribution in [0.4, 0.5) is 0 Å². The van der Waals surface area contributed by atoms with Gasteiger partial charge in [-0.3, -0.25) is 29.3 Å². The van der Waals surface area contributed by atoms with E-state index in [9.17, 15) is 9.59 Å². The zero-order valence-electron chi connectivity index (χ0n) is 16.9. The molecule has 4 saturated heterocycles. The summed E-state index contributed by atoms with van der Waals surface area (Å²) in [4.78, 5) is 36.3. The number of amides is 2. The summed E-state index contributed by atoms with van der Waals surface area (Å²) in [6.07, 6.45) is 5.25. The van der Waals surface area contributed by atoms with Gasteiger partial charge in [0.2, 0.25) is 11.8 Å². The second-order valence-electron chi connectivity index (χ2n) is 8.70. The molecule has 0 aromatic carbocycles. The molecule has 2 N–H and O–H groups in total. The molecule has 0 radical (unpaired) electrons. The molecule has 5 unspecified atom stereocenters. The third-order valence-electron chi connectivity index (χ3n) is 7.31. The molecular formula is C20H31IN6O2. The lowest BCUT2D eigenvalue weighted by Crippen LogP contribution is -2.63. The first-order chi connectivity index (χ1) is 13.7. The number of aliphatic imine (C=N–C) groups is 1. The van der Waals surface area contributed by atoms with Crippen LogP contribution < -0.4 is 10.6 Å². The number of allylic oxidation sites excluding steroid dienone is 2. The molecule has 5 atom stereocenters. The van der Waals surface area contributed by atoms with E-state index in [1.54, 1.807) is 7.05 Å². The third kappa shape index (κ3) is 3.69. The van der Waals surface area contributed by atoms with Crippen molar-refractivity contribution in [3.63, 3.8) is 0 Å². The standard InChI is InChI=1S/C20H30N6O2.HI/c1-21-20(23-11-15-12-24-6-8-25(15)9-7-24)22-4-5-26-18(27)16-13-2-3-14(10-13)17(16)19(26)28;/h2-3,13-17H,4-12H2,1H3,(H2,21,22,23);1H. The van der Waals surface area contributed by atoms with Crippen LogP contribution in [-0.4, -0.2) is 97.9 Å². The highest BCUT2D eigenvalue weighted by atomic mass is 127. The first-order valence-corrected chi connectivity index (χ1v) is 10.6. The normalized spacial score (nSPS) is 39.7. The van der Waals surface area contributed by atoms with Gasteiger partial charge in [-0.25, -0.2) is 0 Å². The van der Waals surface area contributed by atoms with Gasteiger partial charge in [-0.05, 0) is 18.3 Å². The molecule has 8 nitrogen and oxygen atoms in total. The van der Waals surface area contributed by atoms with Crippen molar-refractivity contribution < 1.29 is 9.59 Å². The summed E-state index contributed by atoms with van der Waals surface area (Å²) in [5.74, 6) is 1.12. The summed E-state index contributed by atoms with van der Waals surface area (Å²) in [5, 5.41) is 6.68. The van der Waals surface area contributed by atoms with Crippen molar-refractivity contribution in [3.8, 4) is 0 Å². The number of nitrogens with one attached hydrogen (secondary N) is 2. The van der Waals surface area contributed by atoms with Crippen molar-refractivity contribution >= 4 is 41.8 Å². The Hall–Kier alpha value is -1.20. The smallest absolute Gasteiger partial charge is 0.233 e. The van der Waals surface area contributed by atoms with E-state index in [2.05, 4.69) is 37.6 Å². The average Bonchev–Trinajstić information content (AvgIpc) is 3.41. The van der Waals surface area contributed by atoms with Crippen LogP contribution in [-0.2, 0) is 9.59 Å². The van der Waals surface area contributed by atoms with E-state index < -0.39 is 0 Å². The Morgan fingerprint density at radius 1 is 1.07 bits per heavy atom. The monoisotopic (exact) mass is 514 g/mol.